The second-order valence-corrected chi connectivity index (χ2v) is 6.26. The highest BCUT2D eigenvalue weighted by molar-refractivity contribution is 7.16. The van der Waals surface area contributed by atoms with E-state index in [4.69, 9.17) is 5.73 Å². The third-order valence-electron chi connectivity index (χ3n) is 4.08. The van der Waals surface area contributed by atoms with Crippen LogP contribution >= 0.6 is 11.3 Å². The molecule has 6 heteroatoms. The first-order chi connectivity index (χ1) is 10.7. The van der Waals surface area contributed by atoms with Crippen molar-refractivity contribution in [3.05, 3.63) is 58.9 Å². The van der Waals surface area contributed by atoms with Crippen LogP contribution in [0.1, 0.15) is 27.7 Å². The van der Waals surface area contributed by atoms with Crippen molar-refractivity contribution in [2.45, 2.75) is 18.5 Å². The number of fused-ring (bicyclic) bond motifs is 2. The molecule has 0 unspecified atom stereocenters. The van der Waals surface area contributed by atoms with Gasteiger partial charge < -0.3 is 11.1 Å². The van der Waals surface area contributed by atoms with Gasteiger partial charge in [0.25, 0.3) is 5.91 Å². The molecule has 1 aromatic carbocycles. The molecule has 0 radical (unpaired) electrons. The largest absolute Gasteiger partial charge is 0.346 e. The maximum Gasteiger partial charge on any atom is 0.270 e. The topological polar surface area (TPSA) is 80.9 Å². The van der Waals surface area contributed by atoms with Gasteiger partial charge in [-0.15, -0.1) is 11.3 Å². The summed E-state index contributed by atoms with van der Waals surface area (Å²) < 4.78 is 0. The first kappa shape index (κ1) is 13.4. The van der Waals surface area contributed by atoms with E-state index in [0.717, 1.165) is 22.2 Å². The smallest absolute Gasteiger partial charge is 0.270 e. The number of nitrogens with two attached hydrogens (primary N) is 1. The molecule has 0 bridgehead atoms. The van der Waals surface area contributed by atoms with E-state index in [1.165, 1.54) is 23.2 Å². The van der Waals surface area contributed by atoms with E-state index < -0.39 is 0 Å². The van der Waals surface area contributed by atoms with Gasteiger partial charge in [-0.25, -0.2) is 9.97 Å². The number of aromatic nitrogens is 2. The van der Waals surface area contributed by atoms with Gasteiger partial charge in [-0.05, 0) is 29.0 Å². The zero-order valence-corrected chi connectivity index (χ0v) is 12.5. The lowest BCUT2D eigenvalue weighted by atomic mass is 10.1. The van der Waals surface area contributed by atoms with Crippen LogP contribution in [0, 0.1) is 0 Å². The fourth-order valence-corrected chi connectivity index (χ4v) is 3.71. The second kappa shape index (κ2) is 5.15. The Labute approximate surface area is 131 Å². The minimum Gasteiger partial charge on any atom is -0.346 e. The van der Waals surface area contributed by atoms with Gasteiger partial charge in [0.2, 0.25) is 0 Å². The molecule has 4 rings (SSSR count). The molecule has 1 aliphatic carbocycles. The Morgan fingerprint density at radius 2 is 2.14 bits per heavy atom. The van der Waals surface area contributed by atoms with Crippen molar-refractivity contribution >= 4 is 27.5 Å². The van der Waals surface area contributed by atoms with E-state index in [0.29, 0.717) is 5.69 Å². The van der Waals surface area contributed by atoms with Crippen molar-refractivity contribution < 1.29 is 4.79 Å². The summed E-state index contributed by atoms with van der Waals surface area (Å²) in [6.07, 6.45) is 2.18. The van der Waals surface area contributed by atoms with Gasteiger partial charge in [-0.1, -0.05) is 24.3 Å². The van der Waals surface area contributed by atoms with E-state index in [-0.39, 0.29) is 18.0 Å². The monoisotopic (exact) mass is 310 g/mol. The summed E-state index contributed by atoms with van der Waals surface area (Å²) in [7, 11) is 0. The summed E-state index contributed by atoms with van der Waals surface area (Å²) in [4.78, 5) is 21.7. The van der Waals surface area contributed by atoms with Gasteiger partial charge in [-0.2, -0.15) is 0 Å². The molecule has 3 N–H and O–H groups in total. The third kappa shape index (κ3) is 2.08. The number of hydrogen-bond donors (Lipinski definition) is 2. The van der Waals surface area contributed by atoms with Crippen LogP contribution in [-0.4, -0.2) is 21.9 Å². The Kier molecular flexibility index (Phi) is 3.13. The number of rotatable bonds is 2. The summed E-state index contributed by atoms with van der Waals surface area (Å²) in [5.41, 5.74) is 8.98. The highest BCUT2D eigenvalue weighted by atomic mass is 32.1. The highest BCUT2D eigenvalue weighted by Gasteiger charge is 2.31. The van der Waals surface area contributed by atoms with E-state index in [2.05, 4.69) is 21.4 Å². The fourth-order valence-electron chi connectivity index (χ4n) is 2.97. The molecule has 22 heavy (non-hydrogen) atoms. The summed E-state index contributed by atoms with van der Waals surface area (Å²) >= 11 is 1.50. The van der Waals surface area contributed by atoms with Crippen LogP contribution in [0.2, 0.25) is 0 Å². The van der Waals surface area contributed by atoms with Gasteiger partial charge in [0, 0.05) is 5.39 Å². The molecule has 0 saturated heterocycles. The van der Waals surface area contributed by atoms with Crippen molar-refractivity contribution in [2.75, 3.05) is 0 Å². The lowest BCUT2D eigenvalue weighted by Gasteiger charge is -2.17. The average Bonchev–Trinajstić information content (AvgIpc) is 3.13. The standard InChI is InChI=1S/C16H14N4OS/c17-13-10-4-2-1-3-9(10)7-12(13)20-15(21)14-11-5-6-22-16(11)19-8-18-14/h1-6,8,12-13H,7,17H2,(H,20,21)/t12-,13-/m1/s1. The van der Waals surface area contributed by atoms with Crippen LogP contribution in [0.3, 0.4) is 0 Å². The number of amides is 1. The van der Waals surface area contributed by atoms with Gasteiger partial charge >= 0.3 is 0 Å². The minimum absolute atomic E-state index is 0.103. The number of hydrogen-bond acceptors (Lipinski definition) is 5. The van der Waals surface area contributed by atoms with Crippen molar-refractivity contribution in [3.8, 4) is 0 Å². The predicted octanol–water partition coefficient (Wildman–Crippen LogP) is 2.05. The first-order valence-corrected chi connectivity index (χ1v) is 7.94. The van der Waals surface area contributed by atoms with Gasteiger partial charge in [0.15, 0.2) is 0 Å². The highest BCUT2D eigenvalue weighted by Crippen LogP contribution is 2.29. The summed E-state index contributed by atoms with van der Waals surface area (Å²) in [5.74, 6) is -0.195. The van der Waals surface area contributed by atoms with Crippen molar-refractivity contribution in [3.63, 3.8) is 0 Å². The van der Waals surface area contributed by atoms with Gasteiger partial charge in [0.05, 0.1) is 12.1 Å². The quantitative estimate of drug-likeness (QED) is 0.759. The zero-order chi connectivity index (χ0) is 15.1. The lowest BCUT2D eigenvalue weighted by Crippen LogP contribution is -2.41. The molecule has 1 aliphatic rings. The number of nitrogens with zero attached hydrogens (tertiary/aromatic N) is 2. The Hall–Kier alpha value is -2.31. The normalized spacial score (nSPS) is 20.0. The van der Waals surface area contributed by atoms with Crippen LogP contribution < -0.4 is 11.1 Å². The molecule has 3 aromatic rings. The van der Waals surface area contributed by atoms with E-state index in [1.807, 2.05) is 29.6 Å². The van der Waals surface area contributed by atoms with Crippen LogP contribution in [-0.2, 0) is 6.42 Å². The molecular weight excluding hydrogens is 296 g/mol. The Balaban J connectivity index is 1.60. The Morgan fingerprint density at radius 1 is 1.27 bits per heavy atom. The molecule has 2 heterocycles. The molecule has 1 amide bonds. The number of thiophene rings is 1. The van der Waals surface area contributed by atoms with Crippen LogP contribution in [0.15, 0.2) is 42.0 Å². The van der Waals surface area contributed by atoms with Crippen molar-refractivity contribution in [2.24, 2.45) is 5.73 Å². The maximum atomic E-state index is 12.6. The van der Waals surface area contributed by atoms with E-state index in [1.54, 1.807) is 0 Å². The van der Waals surface area contributed by atoms with E-state index >= 15 is 0 Å². The average molecular weight is 310 g/mol. The summed E-state index contributed by atoms with van der Waals surface area (Å²) in [5, 5.41) is 5.72. The minimum atomic E-state index is -0.195. The Bertz CT molecular complexity index is 860. The molecule has 2 aromatic heterocycles. The fraction of sp³-hybridized carbons (Fsp3) is 0.188. The molecule has 2 atom stereocenters. The SMILES string of the molecule is N[C@@H]1c2ccccc2C[C@H]1NC(=O)c1ncnc2sccc12. The van der Waals surface area contributed by atoms with E-state index in [9.17, 15) is 4.79 Å². The maximum absolute atomic E-state index is 12.6. The summed E-state index contributed by atoms with van der Waals surface area (Å²) in [6, 6.07) is 9.64. The Morgan fingerprint density at radius 3 is 3.00 bits per heavy atom. The van der Waals surface area contributed by atoms with Crippen LogP contribution in [0.25, 0.3) is 10.2 Å². The number of benzene rings is 1. The van der Waals surface area contributed by atoms with Gasteiger partial charge in [-0.3, -0.25) is 4.79 Å². The van der Waals surface area contributed by atoms with Crippen molar-refractivity contribution in [1.29, 1.82) is 0 Å². The lowest BCUT2D eigenvalue weighted by molar-refractivity contribution is 0.0930. The zero-order valence-electron chi connectivity index (χ0n) is 11.7. The number of nitrogens with one attached hydrogen (secondary N) is 1. The first-order valence-electron chi connectivity index (χ1n) is 7.06. The van der Waals surface area contributed by atoms with Crippen LogP contribution in [0.5, 0.6) is 0 Å². The molecule has 0 fully saturated rings. The molecular formula is C16H14N4OS. The van der Waals surface area contributed by atoms with Gasteiger partial charge in [0.1, 0.15) is 16.9 Å². The molecule has 5 nitrogen and oxygen atoms in total. The second-order valence-electron chi connectivity index (χ2n) is 5.37. The number of carbonyl (C=O) groups excluding carboxylic acids is 1. The third-order valence-corrected chi connectivity index (χ3v) is 4.90. The summed E-state index contributed by atoms with van der Waals surface area (Å²) in [6.45, 7) is 0. The molecule has 0 aliphatic heterocycles. The predicted molar refractivity (Wildman–Crippen MR) is 85.7 cm³/mol. The van der Waals surface area contributed by atoms with Crippen LogP contribution in [0.4, 0.5) is 0 Å². The molecule has 0 saturated carbocycles. The molecule has 0 spiro atoms. The van der Waals surface area contributed by atoms with Crippen molar-refractivity contribution in [1.82, 2.24) is 15.3 Å². The molecule has 110 valence electrons. The number of carbonyl (C=O) groups is 1.